The number of halogens is 1. The maximum Gasteiger partial charge on any atom is 0.123 e. The number of likely N-dealkylation sites (tertiary alicyclic amines) is 1. The van der Waals surface area contributed by atoms with E-state index in [0.29, 0.717) is 11.8 Å². The monoisotopic (exact) mass is 220 g/mol. The molecule has 86 valence electrons. The van der Waals surface area contributed by atoms with Crippen molar-refractivity contribution in [2.75, 3.05) is 32.0 Å². The summed E-state index contributed by atoms with van der Waals surface area (Å²) in [4.78, 5) is 2.35. The van der Waals surface area contributed by atoms with E-state index < -0.39 is 0 Å². The highest BCUT2D eigenvalue weighted by Gasteiger charge is 2.33. The Morgan fingerprint density at radius 3 is 3.19 bits per heavy atom. The van der Waals surface area contributed by atoms with Crippen molar-refractivity contribution in [3.63, 3.8) is 0 Å². The summed E-state index contributed by atoms with van der Waals surface area (Å²) in [6.45, 7) is 3.26. The van der Waals surface area contributed by atoms with Crippen molar-refractivity contribution >= 4 is 5.69 Å². The van der Waals surface area contributed by atoms with Gasteiger partial charge >= 0.3 is 0 Å². The van der Waals surface area contributed by atoms with E-state index in [1.165, 1.54) is 12.0 Å². The zero-order valence-electron chi connectivity index (χ0n) is 9.54. The SMILES string of the molecule is CN1CCC2CNc3ccc(F)cc3C2C1. The van der Waals surface area contributed by atoms with Crippen LogP contribution in [-0.4, -0.2) is 31.6 Å². The van der Waals surface area contributed by atoms with Gasteiger partial charge in [0.05, 0.1) is 0 Å². The molecule has 1 N–H and O–H groups in total. The number of fused-ring (bicyclic) bond motifs is 3. The molecule has 2 nitrogen and oxygen atoms in total. The van der Waals surface area contributed by atoms with Crippen molar-refractivity contribution in [1.29, 1.82) is 0 Å². The number of piperidine rings is 1. The zero-order valence-corrected chi connectivity index (χ0v) is 9.54. The molecule has 0 amide bonds. The number of nitrogens with one attached hydrogen (secondary N) is 1. The molecule has 2 unspecified atom stereocenters. The lowest BCUT2D eigenvalue weighted by Gasteiger charge is -2.41. The van der Waals surface area contributed by atoms with Gasteiger partial charge in [-0.3, -0.25) is 0 Å². The van der Waals surface area contributed by atoms with E-state index in [4.69, 9.17) is 0 Å². The van der Waals surface area contributed by atoms with E-state index >= 15 is 0 Å². The smallest absolute Gasteiger partial charge is 0.123 e. The van der Waals surface area contributed by atoms with Crippen LogP contribution in [0.15, 0.2) is 18.2 Å². The van der Waals surface area contributed by atoms with Gasteiger partial charge in [-0.2, -0.15) is 0 Å². The lowest BCUT2D eigenvalue weighted by molar-refractivity contribution is 0.192. The van der Waals surface area contributed by atoms with E-state index in [1.54, 1.807) is 12.1 Å². The first-order valence-corrected chi connectivity index (χ1v) is 5.96. The standard InChI is InChI=1S/C13H17FN2/c1-16-5-4-9-7-15-13-3-2-10(14)6-11(13)12(9)8-16/h2-3,6,9,12,15H,4-5,7-8H2,1H3. The lowest BCUT2D eigenvalue weighted by atomic mass is 9.78. The minimum Gasteiger partial charge on any atom is -0.385 e. The van der Waals surface area contributed by atoms with E-state index in [1.807, 2.05) is 6.07 Å². The predicted molar refractivity (Wildman–Crippen MR) is 63.2 cm³/mol. The Balaban J connectivity index is 1.99. The Kier molecular flexibility index (Phi) is 2.36. The number of hydrogen-bond acceptors (Lipinski definition) is 2. The fourth-order valence-electron chi connectivity index (χ4n) is 3.00. The average Bonchev–Trinajstić information content (AvgIpc) is 2.29. The number of rotatable bonds is 0. The summed E-state index contributed by atoms with van der Waals surface area (Å²) in [6, 6.07) is 5.12. The van der Waals surface area contributed by atoms with E-state index in [0.717, 1.165) is 25.3 Å². The number of benzene rings is 1. The van der Waals surface area contributed by atoms with E-state index in [2.05, 4.69) is 17.3 Å². The third-order valence-electron chi connectivity index (χ3n) is 3.93. The van der Waals surface area contributed by atoms with Crippen molar-refractivity contribution in [3.05, 3.63) is 29.6 Å². The molecule has 2 aliphatic rings. The number of anilines is 1. The van der Waals surface area contributed by atoms with Gasteiger partial charge in [0.15, 0.2) is 0 Å². The Hall–Kier alpha value is -1.09. The van der Waals surface area contributed by atoms with Gasteiger partial charge < -0.3 is 10.2 Å². The maximum atomic E-state index is 13.3. The van der Waals surface area contributed by atoms with Crippen LogP contribution < -0.4 is 5.32 Å². The topological polar surface area (TPSA) is 15.3 Å². The summed E-state index contributed by atoms with van der Waals surface area (Å²) >= 11 is 0. The van der Waals surface area contributed by atoms with Crippen LogP contribution >= 0.6 is 0 Å². The Labute approximate surface area is 95.4 Å². The van der Waals surface area contributed by atoms with Gasteiger partial charge in [-0.15, -0.1) is 0 Å². The van der Waals surface area contributed by atoms with Crippen molar-refractivity contribution in [3.8, 4) is 0 Å². The highest BCUT2D eigenvalue weighted by Crippen LogP contribution is 2.39. The lowest BCUT2D eigenvalue weighted by Crippen LogP contribution is -2.41. The molecule has 3 rings (SSSR count). The summed E-state index contributed by atoms with van der Waals surface area (Å²) in [7, 11) is 2.15. The molecule has 0 bridgehead atoms. The molecular formula is C13H17FN2. The van der Waals surface area contributed by atoms with Crippen LogP contribution in [0.4, 0.5) is 10.1 Å². The van der Waals surface area contributed by atoms with Crippen LogP contribution in [-0.2, 0) is 0 Å². The Bertz CT molecular complexity index is 405. The first-order valence-electron chi connectivity index (χ1n) is 5.96. The highest BCUT2D eigenvalue weighted by atomic mass is 19.1. The molecule has 16 heavy (non-hydrogen) atoms. The van der Waals surface area contributed by atoms with Crippen LogP contribution in [0.5, 0.6) is 0 Å². The Morgan fingerprint density at radius 1 is 1.44 bits per heavy atom. The third kappa shape index (κ3) is 1.59. The molecule has 0 aliphatic carbocycles. The van der Waals surface area contributed by atoms with Crippen LogP contribution in [0.1, 0.15) is 17.9 Å². The van der Waals surface area contributed by atoms with Gasteiger partial charge in [0.2, 0.25) is 0 Å². The molecule has 2 heterocycles. The largest absolute Gasteiger partial charge is 0.385 e. The molecule has 0 aromatic heterocycles. The summed E-state index contributed by atoms with van der Waals surface area (Å²) in [5.41, 5.74) is 2.29. The second-order valence-corrected chi connectivity index (χ2v) is 5.03. The van der Waals surface area contributed by atoms with Gasteiger partial charge in [-0.05, 0) is 49.7 Å². The minimum atomic E-state index is -0.116. The minimum absolute atomic E-state index is 0.116. The first kappa shape index (κ1) is 10.1. The Morgan fingerprint density at radius 2 is 2.31 bits per heavy atom. The molecule has 1 aromatic rings. The second-order valence-electron chi connectivity index (χ2n) is 5.03. The highest BCUT2D eigenvalue weighted by molar-refractivity contribution is 5.55. The van der Waals surface area contributed by atoms with Gasteiger partial charge in [0.1, 0.15) is 5.82 Å². The van der Waals surface area contributed by atoms with Crippen LogP contribution in [0.2, 0.25) is 0 Å². The molecule has 0 radical (unpaired) electrons. The molecule has 0 spiro atoms. The zero-order chi connectivity index (χ0) is 11.1. The number of hydrogen-bond donors (Lipinski definition) is 1. The summed E-state index contributed by atoms with van der Waals surface area (Å²) < 4.78 is 13.3. The molecular weight excluding hydrogens is 203 g/mol. The van der Waals surface area contributed by atoms with Crippen molar-refractivity contribution < 1.29 is 4.39 Å². The quantitative estimate of drug-likeness (QED) is 0.721. The predicted octanol–water partition coefficient (Wildman–Crippen LogP) is 2.29. The molecule has 1 fully saturated rings. The normalized spacial score (nSPS) is 29.1. The fraction of sp³-hybridized carbons (Fsp3) is 0.538. The van der Waals surface area contributed by atoms with Crippen LogP contribution in [0, 0.1) is 11.7 Å². The summed E-state index contributed by atoms with van der Waals surface area (Å²) in [6.07, 6.45) is 1.21. The van der Waals surface area contributed by atoms with E-state index in [-0.39, 0.29) is 5.82 Å². The van der Waals surface area contributed by atoms with Crippen molar-refractivity contribution in [2.45, 2.75) is 12.3 Å². The fourth-order valence-corrected chi connectivity index (χ4v) is 3.00. The molecule has 2 aliphatic heterocycles. The molecule has 1 saturated heterocycles. The second kappa shape index (κ2) is 3.74. The molecule has 0 saturated carbocycles. The van der Waals surface area contributed by atoms with Crippen LogP contribution in [0.25, 0.3) is 0 Å². The molecule has 3 heteroatoms. The first-order chi connectivity index (χ1) is 7.74. The number of likely N-dealkylation sites (N-methyl/N-ethyl adjacent to an activating group) is 1. The summed E-state index contributed by atoms with van der Waals surface area (Å²) in [5.74, 6) is 1.06. The van der Waals surface area contributed by atoms with Crippen molar-refractivity contribution in [1.82, 2.24) is 4.90 Å². The van der Waals surface area contributed by atoms with Gasteiger partial charge in [-0.25, -0.2) is 4.39 Å². The average molecular weight is 220 g/mol. The summed E-state index contributed by atoms with van der Waals surface area (Å²) in [5, 5.41) is 3.42. The number of nitrogens with zero attached hydrogens (tertiary/aromatic N) is 1. The van der Waals surface area contributed by atoms with Gasteiger partial charge in [0.25, 0.3) is 0 Å². The van der Waals surface area contributed by atoms with Gasteiger partial charge in [-0.1, -0.05) is 0 Å². The molecule has 2 atom stereocenters. The van der Waals surface area contributed by atoms with Crippen LogP contribution in [0.3, 0.4) is 0 Å². The van der Waals surface area contributed by atoms with Gasteiger partial charge in [0, 0.05) is 24.7 Å². The third-order valence-corrected chi connectivity index (χ3v) is 3.93. The molecule has 1 aromatic carbocycles. The van der Waals surface area contributed by atoms with E-state index in [9.17, 15) is 4.39 Å². The maximum absolute atomic E-state index is 13.3. The van der Waals surface area contributed by atoms with Crippen molar-refractivity contribution in [2.24, 2.45) is 5.92 Å².